The molecule has 0 amide bonds. The second-order valence-electron chi connectivity index (χ2n) is 2.31. The molecule has 1 aromatic heterocycles. The minimum atomic E-state index is -3.24. The van der Waals surface area contributed by atoms with Crippen molar-refractivity contribution in [3.8, 4) is 0 Å². The van der Waals surface area contributed by atoms with Gasteiger partial charge in [0.05, 0.1) is 0 Å². The number of aromatic nitrogens is 2. The van der Waals surface area contributed by atoms with E-state index in [0.717, 1.165) is 34.1 Å². The highest BCUT2D eigenvalue weighted by atomic mass is 32.7. The van der Waals surface area contributed by atoms with Gasteiger partial charge in [0.1, 0.15) is 0 Å². The van der Waals surface area contributed by atoms with Crippen LogP contribution in [0.5, 0.6) is 0 Å². The molecule has 0 fully saturated rings. The Morgan fingerprint density at radius 1 is 0.933 bits per heavy atom. The van der Waals surface area contributed by atoms with E-state index in [9.17, 15) is 9.13 Å². The van der Waals surface area contributed by atoms with Crippen LogP contribution in [0.15, 0.2) is 8.68 Å². The van der Waals surface area contributed by atoms with Crippen LogP contribution in [-0.2, 0) is 9.13 Å². The normalized spacial score (nSPS) is 13.1. The molecule has 0 bridgehead atoms. The Morgan fingerprint density at radius 2 is 1.27 bits per heavy atom. The molecule has 8 nitrogen and oxygen atoms in total. The summed E-state index contributed by atoms with van der Waals surface area (Å²) in [7, 11) is 0. The third kappa shape index (κ3) is 6.00. The quantitative estimate of drug-likeness (QED) is 0.584. The van der Waals surface area contributed by atoms with Crippen LogP contribution in [0, 0.1) is 0 Å². The van der Waals surface area contributed by atoms with Gasteiger partial charge >= 0.3 is 0 Å². The number of nitrogens with zero attached hydrogens (tertiary/aromatic N) is 2. The fraction of sp³-hybridized carbons (Fsp3) is 0. The summed E-state index contributed by atoms with van der Waals surface area (Å²) in [5.41, 5.74) is 20.5. The van der Waals surface area contributed by atoms with Gasteiger partial charge in [-0.05, 0) is 0 Å². The van der Waals surface area contributed by atoms with Gasteiger partial charge in [-0.3, -0.25) is 31.1 Å². The molecule has 1 aromatic rings. The summed E-state index contributed by atoms with van der Waals surface area (Å²) in [4.78, 5) is 0. The molecule has 1 heterocycles. The van der Waals surface area contributed by atoms with Crippen LogP contribution in [0.3, 0.4) is 0 Å². The molecule has 0 aliphatic carbocycles. The second-order valence-corrected chi connectivity index (χ2v) is 12.0. The summed E-state index contributed by atoms with van der Waals surface area (Å²) in [5, 5.41) is 7.26. The van der Waals surface area contributed by atoms with Crippen molar-refractivity contribution in [3.63, 3.8) is 0 Å². The molecule has 86 valence electrons. The highest BCUT2D eigenvalue weighted by Gasteiger charge is 2.19. The van der Waals surface area contributed by atoms with Gasteiger partial charge in [-0.25, -0.2) is 0 Å². The van der Waals surface area contributed by atoms with Crippen LogP contribution in [0.2, 0.25) is 0 Å². The smallest absolute Gasteiger partial charge is 0.268 e. The average molecular weight is 306 g/mol. The first kappa shape index (κ1) is 13.6. The number of rotatable bonds is 4. The molecule has 13 heteroatoms. The maximum atomic E-state index is 11.0. The van der Waals surface area contributed by atoms with Crippen molar-refractivity contribution in [1.29, 1.82) is 0 Å². The monoisotopic (exact) mass is 306 g/mol. The first-order valence-corrected chi connectivity index (χ1v) is 10.6. The van der Waals surface area contributed by atoms with Crippen LogP contribution >= 0.6 is 47.4 Å². The molecular formula is C2H8N6O2P2S3. The fourth-order valence-corrected chi connectivity index (χ4v) is 6.85. The van der Waals surface area contributed by atoms with Gasteiger partial charge in [-0.15, -0.1) is 10.2 Å². The highest BCUT2D eigenvalue weighted by Crippen LogP contribution is 2.53. The topological polar surface area (TPSA) is 164 Å². The number of nitrogens with two attached hydrogens (primary N) is 4. The third-order valence-electron chi connectivity index (χ3n) is 0.829. The Labute approximate surface area is 97.4 Å². The van der Waals surface area contributed by atoms with Crippen molar-refractivity contribution in [3.05, 3.63) is 0 Å². The summed E-state index contributed by atoms with van der Waals surface area (Å²) >= 11 is 2.46. The molecule has 8 N–H and O–H groups in total. The van der Waals surface area contributed by atoms with E-state index >= 15 is 0 Å². The average Bonchev–Trinajstić information content (AvgIpc) is 2.28. The summed E-state index contributed by atoms with van der Waals surface area (Å²) in [5.74, 6) is 0. The molecule has 0 aliphatic rings. The summed E-state index contributed by atoms with van der Waals surface area (Å²) in [6.07, 6.45) is 0. The van der Waals surface area contributed by atoms with E-state index in [1.807, 2.05) is 0 Å². The van der Waals surface area contributed by atoms with Crippen molar-refractivity contribution in [2.45, 2.75) is 8.68 Å². The standard InChI is InChI=1S/C2H8N6O2P2S3/c3-11(4,9)14-1-7-8-2(13-1)15-12(5,6)10/h(H4,3,4,9)(H4,5,6,10). The third-order valence-corrected chi connectivity index (χ3v) is 6.88. The molecule has 0 unspecified atom stereocenters. The Bertz CT molecular complexity index is 397. The lowest BCUT2D eigenvalue weighted by Gasteiger charge is -2.00. The van der Waals surface area contributed by atoms with Crippen molar-refractivity contribution >= 4 is 47.4 Å². The van der Waals surface area contributed by atoms with Crippen LogP contribution < -0.4 is 22.0 Å². The molecule has 15 heavy (non-hydrogen) atoms. The predicted octanol–water partition coefficient (Wildman–Crippen LogP) is 0.773. The predicted molar refractivity (Wildman–Crippen MR) is 63.6 cm³/mol. The highest BCUT2D eigenvalue weighted by molar-refractivity contribution is 8.58. The lowest BCUT2D eigenvalue weighted by atomic mass is 11.6. The lowest BCUT2D eigenvalue weighted by molar-refractivity contribution is 0.585. The SMILES string of the molecule is NP(N)(=O)Sc1nnc(SP(N)(N)=O)s1. The first-order valence-electron chi connectivity index (χ1n) is 3.23. The van der Waals surface area contributed by atoms with Crippen molar-refractivity contribution in [2.75, 3.05) is 0 Å². The Kier molecular flexibility index (Phi) is 4.38. The van der Waals surface area contributed by atoms with Crippen molar-refractivity contribution in [2.24, 2.45) is 22.0 Å². The summed E-state index contributed by atoms with van der Waals surface area (Å²) in [6, 6.07) is 0. The molecule has 0 saturated carbocycles. The van der Waals surface area contributed by atoms with Crippen LogP contribution in [0.4, 0.5) is 0 Å². The van der Waals surface area contributed by atoms with Gasteiger partial charge in [-0.2, -0.15) is 0 Å². The van der Waals surface area contributed by atoms with Gasteiger partial charge in [0.15, 0.2) is 8.68 Å². The van der Waals surface area contributed by atoms with Crippen LogP contribution in [0.1, 0.15) is 0 Å². The number of hydrogen-bond donors (Lipinski definition) is 4. The van der Waals surface area contributed by atoms with Crippen LogP contribution in [-0.4, -0.2) is 10.2 Å². The molecule has 0 spiro atoms. The minimum Gasteiger partial charge on any atom is -0.277 e. The van der Waals surface area contributed by atoms with E-state index in [0.29, 0.717) is 8.68 Å². The number of hydrogen-bond acceptors (Lipinski definition) is 7. The summed E-state index contributed by atoms with van der Waals surface area (Å²) in [6.45, 7) is -6.48. The maximum Gasteiger partial charge on any atom is 0.268 e. The Balaban J connectivity index is 2.73. The Morgan fingerprint density at radius 3 is 1.53 bits per heavy atom. The van der Waals surface area contributed by atoms with Gasteiger partial charge in [-0.1, -0.05) is 11.3 Å². The van der Waals surface area contributed by atoms with E-state index in [2.05, 4.69) is 10.2 Å². The van der Waals surface area contributed by atoms with Gasteiger partial charge in [0.2, 0.25) is 0 Å². The zero-order chi connectivity index (χ0) is 11.7. The van der Waals surface area contributed by atoms with Gasteiger partial charge in [0, 0.05) is 22.8 Å². The minimum absolute atomic E-state index is 0.319. The zero-order valence-electron chi connectivity index (χ0n) is 7.14. The first-order chi connectivity index (χ1) is 6.66. The molecule has 0 saturated heterocycles. The van der Waals surface area contributed by atoms with Crippen LogP contribution in [0.25, 0.3) is 0 Å². The van der Waals surface area contributed by atoms with Crippen molar-refractivity contribution in [1.82, 2.24) is 10.2 Å². The zero-order valence-corrected chi connectivity index (χ0v) is 11.4. The second kappa shape index (κ2) is 4.82. The Hall–Kier alpha value is 0.560. The van der Waals surface area contributed by atoms with E-state index in [4.69, 9.17) is 22.0 Å². The molecular weight excluding hydrogens is 298 g/mol. The summed E-state index contributed by atoms with van der Waals surface area (Å²) < 4.78 is 22.7. The molecule has 0 aromatic carbocycles. The molecule has 1 rings (SSSR count). The fourth-order valence-electron chi connectivity index (χ4n) is 0.515. The van der Waals surface area contributed by atoms with E-state index < -0.39 is 13.3 Å². The molecule has 0 radical (unpaired) electrons. The van der Waals surface area contributed by atoms with Crippen molar-refractivity contribution < 1.29 is 9.13 Å². The van der Waals surface area contributed by atoms with E-state index in [-0.39, 0.29) is 0 Å². The molecule has 0 aliphatic heterocycles. The lowest BCUT2D eigenvalue weighted by Crippen LogP contribution is -1.99. The van der Waals surface area contributed by atoms with E-state index in [1.165, 1.54) is 0 Å². The molecule has 0 atom stereocenters. The van der Waals surface area contributed by atoms with Gasteiger partial charge < -0.3 is 0 Å². The van der Waals surface area contributed by atoms with Gasteiger partial charge in [0.25, 0.3) is 13.3 Å². The van der Waals surface area contributed by atoms with E-state index in [1.54, 1.807) is 0 Å². The maximum absolute atomic E-state index is 11.0. The largest absolute Gasteiger partial charge is 0.277 e.